The minimum atomic E-state index is -0.844. The van der Waals surface area contributed by atoms with Crippen LogP contribution in [0.4, 0.5) is 0 Å². The fraction of sp³-hybridized carbons (Fsp3) is 0.545. The highest BCUT2D eigenvalue weighted by molar-refractivity contribution is 5.72. The number of allylic oxidation sites excluding steroid dienone is 31. The van der Waals surface area contributed by atoms with E-state index in [2.05, 4.69) is 203 Å². The zero-order valence-electron chi connectivity index (χ0n) is 52.9. The van der Waals surface area contributed by atoms with E-state index < -0.39 is 12.1 Å². The summed E-state index contributed by atoms with van der Waals surface area (Å²) in [4.78, 5) is 38.3. The molecule has 0 spiro atoms. The van der Waals surface area contributed by atoms with Gasteiger partial charge in [0.05, 0.1) is 6.42 Å². The Hall–Kier alpha value is -5.75. The van der Waals surface area contributed by atoms with Gasteiger partial charge in [0.25, 0.3) is 0 Å². The zero-order chi connectivity index (χ0) is 59.9. The standard InChI is InChI=1S/C77H118O6/c1-4-7-10-13-16-19-22-25-28-30-31-32-33-34-35-36-37-38-39-40-41-42-43-44-45-47-49-52-55-58-61-64-67-70-76(79)82-73-74(72-81-75(78)69-66-63-60-57-54-51-48-27-24-21-18-15-12-9-6-3)83-77(80)71-68-65-62-59-56-53-50-46-29-26-23-20-17-14-11-8-5-2/h7-12,16-21,25-29,31-32,34-35,37-38,40-41,48,50,53-54,57,63,66,74H,4-6,13-15,22-24,30,33,36,39,42-47,49,51-52,55-56,58-62,64-65,67-73H2,1-3H3/b10-7-,11-8-,12-9-,19-16-,20-17-,21-18-,28-25-,29-26-,32-31-,35-34-,38-37-,41-40-,48-27-,53-50-,57-54-,66-63-. The van der Waals surface area contributed by atoms with E-state index in [0.717, 1.165) is 154 Å². The molecule has 0 saturated heterocycles. The molecule has 462 valence electrons. The fourth-order valence-corrected chi connectivity index (χ4v) is 8.31. The molecule has 0 fully saturated rings. The Morgan fingerprint density at radius 3 is 0.783 bits per heavy atom. The number of carbonyl (C=O) groups excluding carboxylic acids is 3. The molecular weight excluding hydrogens is 1020 g/mol. The van der Waals surface area contributed by atoms with Crippen LogP contribution in [-0.4, -0.2) is 37.2 Å². The topological polar surface area (TPSA) is 78.9 Å². The number of carbonyl (C=O) groups is 3. The average Bonchev–Trinajstić information content (AvgIpc) is 3.49. The molecule has 0 aliphatic rings. The molecular formula is C77H118O6. The van der Waals surface area contributed by atoms with Crippen molar-refractivity contribution in [2.45, 2.75) is 258 Å². The summed E-state index contributed by atoms with van der Waals surface area (Å²) >= 11 is 0. The zero-order valence-corrected chi connectivity index (χ0v) is 52.9. The van der Waals surface area contributed by atoms with Gasteiger partial charge in [0.15, 0.2) is 6.10 Å². The van der Waals surface area contributed by atoms with E-state index >= 15 is 0 Å². The number of unbranched alkanes of at least 4 members (excludes halogenated alkanes) is 15. The molecule has 83 heavy (non-hydrogen) atoms. The summed E-state index contributed by atoms with van der Waals surface area (Å²) in [6, 6.07) is 0. The van der Waals surface area contributed by atoms with Crippen molar-refractivity contribution in [3.8, 4) is 0 Å². The third kappa shape index (κ3) is 66.9. The van der Waals surface area contributed by atoms with Crippen LogP contribution in [0.5, 0.6) is 0 Å². The number of hydrogen-bond donors (Lipinski definition) is 0. The fourth-order valence-electron chi connectivity index (χ4n) is 8.31. The van der Waals surface area contributed by atoms with Gasteiger partial charge < -0.3 is 14.2 Å². The van der Waals surface area contributed by atoms with E-state index in [9.17, 15) is 14.4 Å². The molecule has 0 aromatic carbocycles. The van der Waals surface area contributed by atoms with Crippen molar-refractivity contribution in [3.05, 3.63) is 194 Å². The molecule has 0 bridgehead atoms. The van der Waals surface area contributed by atoms with Gasteiger partial charge in [-0.3, -0.25) is 14.4 Å². The first kappa shape index (κ1) is 77.2. The van der Waals surface area contributed by atoms with Crippen LogP contribution in [0.2, 0.25) is 0 Å². The average molecular weight is 1140 g/mol. The molecule has 0 radical (unpaired) electrons. The lowest BCUT2D eigenvalue weighted by atomic mass is 10.0. The van der Waals surface area contributed by atoms with Crippen molar-refractivity contribution in [2.75, 3.05) is 13.2 Å². The second kappa shape index (κ2) is 68.7. The summed E-state index contributed by atoms with van der Waals surface area (Å²) in [7, 11) is 0. The highest BCUT2D eigenvalue weighted by Crippen LogP contribution is 2.14. The molecule has 6 heteroatoms. The van der Waals surface area contributed by atoms with Crippen LogP contribution in [-0.2, 0) is 28.6 Å². The van der Waals surface area contributed by atoms with Gasteiger partial charge in [0.2, 0.25) is 0 Å². The summed E-state index contributed by atoms with van der Waals surface area (Å²) in [5, 5.41) is 0. The largest absolute Gasteiger partial charge is 0.462 e. The highest BCUT2D eigenvalue weighted by atomic mass is 16.6. The van der Waals surface area contributed by atoms with Gasteiger partial charge in [-0.1, -0.05) is 286 Å². The van der Waals surface area contributed by atoms with Gasteiger partial charge in [0.1, 0.15) is 13.2 Å². The van der Waals surface area contributed by atoms with E-state index in [1.807, 2.05) is 6.08 Å². The Labute approximate surface area is 509 Å². The number of hydrogen-bond acceptors (Lipinski definition) is 6. The smallest absolute Gasteiger partial charge is 0.309 e. The predicted octanol–water partition coefficient (Wildman–Crippen LogP) is 23.0. The van der Waals surface area contributed by atoms with Crippen LogP contribution < -0.4 is 0 Å². The number of esters is 3. The normalized spacial score (nSPS) is 13.4. The third-order valence-electron chi connectivity index (χ3n) is 13.1. The molecule has 0 rings (SSSR count). The van der Waals surface area contributed by atoms with E-state index in [-0.39, 0.29) is 38.0 Å². The van der Waals surface area contributed by atoms with Crippen molar-refractivity contribution < 1.29 is 28.6 Å². The molecule has 0 aromatic heterocycles. The first-order valence-electron chi connectivity index (χ1n) is 32.9. The Balaban J connectivity index is 4.39. The molecule has 0 heterocycles. The molecule has 1 unspecified atom stereocenters. The minimum absolute atomic E-state index is 0.112. The van der Waals surface area contributed by atoms with Crippen molar-refractivity contribution in [2.24, 2.45) is 0 Å². The highest BCUT2D eigenvalue weighted by Gasteiger charge is 2.19. The van der Waals surface area contributed by atoms with Crippen molar-refractivity contribution in [1.29, 1.82) is 0 Å². The Morgan fingerprint density at radius 2 is 0.482 bits per heavy atom. The summed E-state index contributed by atoms with van der Waals surface area (Å²) in [6.07, 6.45) is 105. The maximum absolute atomic E-state index is 12.9. The van der Waals surface area contributed by atoms with Crippen LogP contribution >= 0.6 is 0 Å². The molecule has 0 aliphatic heterocycles. The van der Waals surface area contributed by atoms with Crippen LogP contribution in [0, 0.1) is 0 Å². The van der Waals surface area contributed by atoms with Crippen LogP contribution in [0.15, 0.2) is 194 Å². The van der Waals surface area contributed by atoms with Crippen LogP contribution in [0.1, 0.15) is 252 Å². The maximum atomic E-state index is 12.9. The second-order valence-electron chi connectivity index (χ2n) is 20.9. The van der Waals surface area contributed by atoms with Crippen molar-refractivity contribution >= 4 is 17.9 Å². The quantitative estimate of drug-likeness (QED) is 0.0261. The molecule has 0 aromatic rings. The molecule has 0 amide bonds. The lowest BCUT2D eigenvalue weighted by Gasteiger charge is -2.18. The summed E-state index contributed by atoms with van der Waals surface area (Å²) < 4.78 is 16.8. The van der Waals surface area contributed by atoms with Gasteiger partial charge in [-0.05, 0) is 141 Å². The number of ether oxygens (including phenoxy) is 3. The third-order valence-corrected chi connectivity index (χ3v) is 13.1. The van der Waals surface area contributed by atoms with Gasteiger partial charge >= 0.3 is 17.9 Å². The van der Waals surface area contributed by atoms with Crippen molar-refractivity contribution in [1.82, 2.24) is 0 Å². The molecule has 6 nitrogen and oxygen atoms in total. The van der Waals surface area contributed by atoms with Gasteiger partial charge in [0, 0.05) is 12.8 Å². The summed E-state index contributed by atoms with van der Waals surface area (Å²) in [5.74, 6) is -1.10. The number of rotatable bonds is 57. The van der Waals surface area contributed by atoms with Gasteiger partial charge in [-0.2, -0.15) is 0 Å². The van der Waals surface area contributed by atoms with Crippen molar-refractivity contribution in [3.63, 3.8) is 0 Å². The Kier molecular flexibility index (Phi) is 64.0. The second-order valence-corrected chi connectivity index (χ2v) is 20.9. The maximum Gasteiger partial charge on any atom is 0.309 e. The van der Waals surface area contributed by atoms with E-state index in [1.165, 1.54) is 57.8 Å². The van der Waals surface area contributed by atoms with E-state index in [0.29, 0.717) is 6.42 Å². The Morgan fingerprint density at radius 1 is 0.253 bits per heavy atom. The lowest BCUT2D eigenvalue weighted by Crippen LogP contribution is -2.30. The van der Waals surface area contributed by atoms with E-state index in [1.54, 1.807) is 6.08 Å². The summed E-state index contributed by atoms with van der Waals surface area (Å²) in [6.45, 7) is 6.17. The SMILES string of the molecule is CC/C=C\C/C=C\C/C=C\C/C=C\C/C=C\C/C=C\C/C=C\CCCCCCCCCCCCCC(=O)OCC(COC(=O)C/C=C\C/C=C\C/C=C\C/C=C\C/C=C\CC)OC(=O)CCCCCC/C=C\C/C=C\C/C=C\C/C=C\CC. The monoisotopic (exact) mass is 1140 g/mol. The van der Waals surface area contributed by atoms with Crippen LogP contribution in [0.3, 0.4) is 0 Å². The predicted molar refractivity (Wildman–Crippen MR) is 361 cm³/mol. The van der Waals surface area contributed by atoms with Crippen LogP contribution in [0.25, 0.3) is 0 Å². The summed E-state index contributed by atoms with van der Waals surface area (Å²) in [5.41, 5.74) is 0. The van der Waals surface area contributed by atoms with E-state index in [4.69, 9.17) is 14.2 Å². The van der Waals surface area contributed by atoms with Gasteiger partial charge in [-0.25, -0.2) is 0 Å². The Bertz CT molecular complexity index is 1990. The molecule has 0 aliphatic carbocycles. The van der Waals surface area contributed by atoms with Gasteiger partial charge in [-0.15, -0.1) is 0 Å². The lowest BCUT2D eigenvalue weighted by molar-refractivity contribution is -0.166. The first-order chi connectivity index (χ1) is 41.0. The molecule has 1 atom stereocenters. The minimum Gasteiger partial charge on any atom is -0.462 e. The molecule has 0 N–H and O–H groups in total. The molecule has 0 saturated carbocycles. The first-order valence-corrected chi connectivity index (χ1v) is 32.9.